The zero-order chi connectivity index (χ0) is 23.4. The van der Waals surface area contributed by atoms with Crippen molar-refractivity contribution in [2.75, 3.05) is 11.6 Å². The van der Waals surface area contributed by atoms with Crippen LogP contribution in [0.15, 0.2) is 90.0 Å². The Labute approximate surface area is 194 Å². The molecule has 0 aliphatic heterocycles. The number of hydrogen-bond acceptors (Lipinski definition) is 4. The highest BCUT2D eigenvalue weighted by Gasteiger charge is 2.21. The fourth-order valence-electron chi connectivity index (χ4n) is 3.56. The quantitative estimate of drug-likeness (QED) is 0.368. The van der Waals surface area contributed by atoms with E-state index in [1.807, 2.05) is 42.7 Å². The molecule has 0 spiro atoms. The smallest absolute Gasteiger partial charge is 0.256 e. The number of halogens is 1. The molecule has 0 radical (unpaired) electrons. The van der Waals surface area contributed by atoms with Crippen LogP contribution >= 0.6 is 11.8 Å². The molecule has 0 atom stereocenters. The van der Waals surface area contributed by atoms with Crippen LogP contribution in [0.2, 0.25) is 0 Å². The monoisotopic (exact) mass is 457 g/mol. The van der Waals surface area contributed by atoms with Crippen LogP contribution in [0, 0.1) is 5.82 Å². The van der Waals surface area contributed by atoms with Gasteiger partial charge in [-0.25, -0.2) is 4.39 Å². The van der Waals surface area contributed by atoms with Gasteiger partial charge in [0.05, 0.1) is 11.3 Å². The van der Waals surface area contributed by atoms with E-state index in [-0.39, 0.29) is 11.1 Å². The Morgan fingerprint density at radius 2 is 1.76 bits per heavy atom. The van der Waals surface area contributed by atoms with Crippen molar-refractivity contribution in [1.82, 2.24) is 4.98 Å². The number of primary amides is 1. The Morgan fingerprint density at radius 3 is 2.48 bits per heavy atom. The number of rotatable bonds is 6. The molecule has 0 saturated heterocycles. The second-order valence-corrected chi connectivity index (χ2v) is 8.07. The van der Waals surface area contributed by atoms with Crippen LogP contribution in [-0.4, -0.2) is 23.1 Å². The summed E-state index contributed by atoms with van der Waals surface area (Å²) in [7, 11) is 0. The Kier molecular flexibility index (Phi) is 6.51. The van der Waals surface area contributed by atoms with Crippen molar-refractivity contribution in [2.24, 2.45) is 5.73 Å². The minimum Gasteiger partial charge on any atom is -0.365 e. The van der Waals surface area contributed by atoms with Gasteiger partial charge in [0.15, 0.2) is 0 Å². The molecule has 4 rings (SSSR count). The van der Waals surface area contributed by atoms with Crippen molar-refractivity contribution in [3.8, 4) is 22.4 Å². The fourth-order valence-corrected chi connectivity index (χ4v) is 4.00. The Hall–Kier alpha value is -3.97. The topological polar surface area (TPSA) is 85.1 Å². The molecule has 1 aromatic heterocycles. The van der Waals surface area contributed by atoms with Crippen LogP contribution in [0.5, 0.6) is 0 Å². The maximum absolute atomic E-state index is 14.4. The predicted octanol–water partition coefficient (Wildman–Crippen LogP) is 5.63. The minimum atomic E-state index is -0.896. The first-order valence-corrected chi connectivity index (χ1v) is 11.3. The Balaban J connectivity index is 1.75. The van der Waals surface area contributed by atoms with Gasteiger partial charge in [-0.05, 0) is 65.9 Å². The molecule has 0 aliphatic rings. The van der Waals surface area contributed by atoms with Crippen LogP contribution in [0.1, 0.15) is 20.7 Å². The number of aromatic nitrogens is 1. The van der Waals surface area contributed by atoms with Crippen molar-refractivity contribution >= 4 is 29.3 Å². The Morgan fingerprint density at radius 1 is 0.939 bits per heavy atom. The number of benzene rings is 3. The van der Waals surface area contributed by atoms with Gasteiger partial charge in [-0.2, -0.15) is 0 Å². The summed E-state index contributed by atoms with van der Waals surface area (Å²) >= 11 is 1.47. The molecule has 33 heavy (non-hydrogen) atoms. The molecule has 0 fully saturated rings. The summed E-state index contributed by atoms with van der Waals surface area (Å²) in [6.45, 7) is 0. The van der Waals surface area contributed by atoms with E-state index in [0.29, 0.717) is 16.8 Å². The summed E-state index contributed by atoms with van der Waals surface area (Å²) in [6, 6.07) is 22.4. The molecule has 5 nitrogen and oxygen atoms in total. The average molecular weight is 458 g/mol. The first kappa shape index (κ1) is 22.2. The lowest BCUT2D eigenvalue weighted by Gasteiger charge is -2.15. The van der Waals surface area contributed by atoms with E-state index in [4.69, 9.17) is 5.73 Å². The first-order valence-electron chi connectivity index (χ1n) is 10.1. The van der Waals surface area contributed by atoms with E-state index < -0.39 is 17.6 Å². The summed E-state index contributed by atoms with van der Waals surface area (Å²) in [6.07, 6.45) is 3.60. The number of pyridine rings is 1. The number of nitrogens with zero attached hydrogens (tertiary/aromatic N) is 1. The van der Waals surface area contributed by atoms with Gasteiger partial charge in [0.1, 0.15) is 5.82 Å². The molecule has 2 amide bonds. The van der Waals surface area contributed by atoms with Gasteiger partial charge in [0, 0.05) is 27.9 Å². The zero-order valence-corrected chi connectivity index (χ0v) is 18.5. The van der Waals surface area contributed by atoms with E-state index >= 15 is 0 Å². The minimum absolute atomic E-state index is 0.248. The maximum Gasteiger partial charge on any atom is 0.256 e. The lowest BCUT2D eigenvalue weighted by atomic mass is 9.94. The predicted molar refractivity (Wildman–Crippen MR) is 130 cm³/mol. The van der Waals surface area contributed by atoms with Crippen LogP contribution in [0.3, 0.4) is 0 Å². The van der Waals surface area contributed by atoms with Gasteiger partial charge in [0.2, 0.25) is 0 Å². The van der Waals surface area contributed by atoms with Crippen LogP contribution in [-0.2, 0) is 0 Å². The van der Waals surface area contributed by atoms with Crippen molar-refractivity contribution in [1.29, 1.82) is 0 Å². The van der Waals surface area contributed by atoms with Crippen LogP contribution < -0.4 is 11.1 Å². The van der Waals surface area contributed by atoms with Gasteiger partial charge in [-0.3, -0.25) is 14.6 Å². The third kappa shape index (κ3) is 4.78. The van der Waals surface area contributed by atoms with E-state index in [9.17, 15) is 14.0 Å². The molecule has 0 saturated carbocycles. The highest BCUT2D eigenvalue weighted by atomic mass is 32.2. The molecule has 7 heteroatoms. The van der Waals surface area contributed by atoms with Gasteiger partial charge >= 0.3 is 0 Å². The van der Waals surface area contributed by atoms with E-state index in [0.717, 1.165) is 16.2 Å². The van der Waals surface area contributed by atoms with Gasteiger partial charge in [-0.1, -0.05) is 30.3 Å². The highest BCUT2D eigenvalue weighted by Crippen LogP contribution is 2.32. The summed E-state index contributed by atoms with van der Waals surface area (Å²) in [4.78, 5) is 30.5. The largest absolute Gasteiger partial charge is 0.365 e. The number of nitrogens with two attached hydrogens (primary N) is 1. The van der Waals surface area contributed by atoms with Gasteiger partial charge in [-0.15, -0.1) is 11.8 Å². The van der Waals surface area contributed by atoms with Crippen molar-refractivity contribution < 1.29 is 14.0 Å². The first-order chi connectivity index (χ1) is 16.0. The lowest BCUT2D eigenvalue weighted by Crippen LogP contribution is -2.17. The SMILES string of the molecule is CSc1ccc(C(=O)Nc2cccc(-c3ccccn3)c2)c(-c2cccc(F)c2C(N)=O)c1. The third-order valence-electron chi connectivity index (χ3n) is 5.10. The molecule has 0 aliphatic carbocycles. The van der Waals surface area contributed by atoms with E-state index in [2.05, 4.69) is 10.3 Å². The molecule has 4 aromatic rings. The number of carbonyl (C=O) groups excluding carboxylic acids is 2. The number of amides is 2. The molecule has 3 aromatic carbocycles. The average Bonchev–Trinajstić information content (AvgIpc) is 2.84. The van der Waals surface area contributed by atoms with Crippen LogP contribution in [0.25, 0.3) is 22.4 Å². The number of anilines is 1. The van der Waals surface area contributed by atoms with Crippen molar-refractivity contribution in [3.63, 3.8) is 0 Å². The standard InChI is InChI=1S/C26H20FN3O2S/c1-33-18-11-12-20(21(15-18)19-8-5-9-22(27)24(19)25(28)31)26(32)30-17-7-4-6-16(14-17)23-10-2-3-13-29-23/h2-15H,1H3,(H2,28,31)(H,30,32). The van der Waals surface area contributed by atoms with Crippen molar-refractivity contribution in [3.05, 3.63) is 102 Å². The number of carbonyl (C=O) groups is 2. The molecule has 1 heterocycles. The number of thioether (sulfide) groups is 1. The number of hydrogen-bond donors (Lipinski definition) is 2. The molecular weight excluding hydrogens is 437 g/mol. The van der Waals surface area contributed by atoms with E-state index in [1.54, 1.807) is 36.5 Å². The van der Waals surface area contributed by atoms with Crippen LogP contribution in [0.4, 0.5) is 10.1 Å². The lowest BCUT2D eigenvalue weighted by molar-refractivity contribution is 0.0993. The third-order valence-corrected chi connectivity index (χ3v) is 5.83. The zero-order valence-electron chi connectivity index (χ0n) is 17.7. The summed E-state index contributed by atoms with van der Waals surface area (Å²) in [5, 5.41) is 2.90. The highest BCUT2D eigenvalue weighted by molar-refractivity contribution is 7.98. The summed E-state index contributed by atoms with van der Waals surface area (Å²) in [5.74, 6) is -2.02. The molecular formula is C26H20FN3O2S. The summed E-state index contributed by atoms with van der Waals surface area (Å²) < 4.78 is 14.4. The molecule has 3 N–H and O–H groups in total. The summed E-state index contributed by atoms with van der Waals surface area (Å²) in [5.41, 5.74) is 8.41. The molecule has 0 unspecified atom stereocenters. The second-order valence-electron chi connectivity index (χ2n) is 7.19. The van der Waals surface area contributed by atoms with Gasteiger partial charge in [0.25, 0.3) is 11.8 Å². The maximum atomic E-state index is 14.4. The van der Waals surface area contributed by atoms with Gasteiger partial charge < -0.3 is 11.1 Å². The van der Waals surface area contributed by atoms with Crippen molar-refractivity contribution in [2.45, 2.75) is 4.90 Å². The Bertz CT molecular complexity index is 1340. The molecule has 164 valence electrons. The van der Waals surface area contributed by atoms with E-state index in [1.165, 1.54) is 23.9 Å². The normalized spacial score (nSPS) is 10.6. The number of nitrogens with one attached hydrogen (secondary N) is 1. The fraction of sp³-hybridized carbons (Fsp3) is 0.0385. The second kappa shape index (κ2) is 9.67. The molecule has 0 bridgehead atoms.